The van der Waals surface area contributed by atoms with E-state index in [-0.39, 0.29) is 11.9 Å². The topological polar surface area (TPSA) is 88.9 Å². The van der Waals surface area contributed by atoms with Gasteiger partial charge in [0.2, 0.25) is 0 Å². The molecule has 1 aromatic carbocycles. The number of aryl methyl sites for hydroxylation is 1. The molecule has 2 aromatic heterocycles. The standard InChI is InChI=1S/C22H25N5O2/c1-2-27-21-18(14-25-27)20(26-16-8-10-17(28)11-9-16)19(13-23-21)22(29)24-12-15-6-4-3-5-7-15/h3-7,13-14,16H,2,8-12H2,1H3,(H,23,26)(H,24,29). The lowest BCUT2D eigenvalue weighted by atomic mass is 9.94. The molecule has 7 nitrogen and oxygen atoms in total. The van der Waals surface area contributed by atoms with Crippen LogP contribution in [0.3, 0.4) is 0 Å². The molecule has 3 aromatic rings. The number of amides is 1. The number of anilines is 1. The Morgan fingerprint density at radius 1 is 1.17 bits per heavy atom. The van der Waals surface area contributed by atoms with Crippen molar-refractivity contribution in [1.29, 1.82) is 0 Å². The Hall–Kier alpha value is -3.22. The van der Waals surface area contributed by atoms with E-state index in [0.29, 0.717) is 37.3 Å². The van der Waals surface area contributed by atoms with Gasteiger partial charge in [0.15, 0.2) is 5.65 Å². The Kier molecular flexibility index (Phi) is 5.55. The molecule has 0 saturated heterocycles. The highest BCUT2D eigenvalue weighted by Gasteiger charge is 2.23. The number of nitrogens with zero attached hydrogens (tertiary/aromatic N) is 3. The molecule has 0 spiro atoms. The number of aromatic nitrogens is 3. The fraction of sp³-hybridized carbons (Fsp3) is 0.364. The number of nitrogens with one attached hydrogen (secondary N) is 2. The number of hydrogen-bond donors (Lipinski definition) is 2. The molecule has 2 N–H and O–H groups in total. The highest BCUT2D eigenvalue weighted by molar-refractivity contribution is 6.06. The van der Waals surface area contributed by atoms with Crippen LogP contribution in [0.25, 0.3) is 11.0 Å². The van der Waals surface area contributed by atoms with Gasteiger partial charge in [0.1, 0.15) is 5.78 Å². The lowest BCUT2D eigenvalue weighted by molar-refractivity contribution is -0.120. The van der Waals surface area contributed by atoms with Crippen LogP contribution in [0.5, 0.6) is 0 Å². The first-order chi connectivity index (χ1) is 14.2. The Balaban J connectivity index is 1.63. The summed E-state index contributed by atoms with van der Waals surface area (Å²) in [7, 11) is 0. The highest BCUT2D eigenvalue weighted by atomic mass is 16.1. The second-order valence-electron chi connectivity index (χ2n) is 7.37. The van der Waals surface area contributed by atoms with Crippen molar-refractivity contribution in [3.63, 3.8) is 0 Å². The van der Waals surface area contributed by atoms with E-state index in [1.54, 1.807) is 12.4 Å². The molecule has 2 heterocycles. The average molecular weight is 391 g/mol. The van der Waals surface area contributed by atoms with Crippen LogP contribution < -0.4 is 10.6 Å². The van der Waals surface area contributed by atoms with E-state index in [2.05, 4.69) is 20.7 Å². The second kappa shape index (κ2) is 8.43. The van der Waals surface area contributed by atoms with Gasteiger partial charge in [-0.05, 0) is 25.3 Å². The predicted molar refractivity (Wildman–Crippen MR) is 112 cm³/mol. The van der Waals surface area contributed by atoms with Crippen LogP contribution in [0.1, 0.15) is 48.5 Å². The monoisotopic (exact) mass is 391 g/mol. The third kappa shape index (κ3) is 4.13. The summed E-state index contributed by atoms with van der Waals surface area (Å²) in [6, 6.07) is 9.96. The van der Waals surface area contributed by atoms with E-state index >= 15 is 0 Å². The predicted octanol–water partition coefficient (Wildman–Crippen LogP) is 3.30. The molecule has 1 amide bonds. The van der Waals surface area contributed by atoms with Gasteiger partial charge in [0.05, 0.1) is 22.8 Å². The van der Waals surface area contributed by atoms with Gasteiger partial charge >= 0.3 is 0 Å². The zero-order chi connectivity index (χ0) is 20.2. The lowest BCUT2D eigenvalue weighted by Crippen LogP contribution is -2.29. The van der Waals surface area contributed by atoms with Crippen molar-refractivity contribution in [2.45, 2.75) is 51.7 Å². The fourth-order valence-corrected chi connectivity index (χ4v) is 3.75. The fourth-order valence-electron chi connectivity index (χ4n) is 3.75. The molecule has 29 heavy (non-hydrogen) atoms. The summed E-state index contributed by atoms with van der Waals surface area (Å²) in [6.07, 6.45) is 6.08. The summed E-state index contributed by atoms with van der Waals surface area (Å²) < 4.78 is 1.82. The van der Waals surface area contributed by atoms with Crippen molar-refractivity contribution in [3.8, 4) is 0 Å². The minimum absolute atomic E-state index is 0.156. The van der Waals surface area contributed by atoms with Crippen molar-refractivity contribution in [2.75, 3.05) is 5.32 Å². The van der Waals surface area contributed by atoms with Crippen molar-refractivity contribution < 1.29 is 9.59 Å². The van der Waals surface area contributed by atoms with Gasteiger partial charge in [0, 0.05) is 38.2 Å². The summed E-state index contributed by atoms with van der Waals surface area (Å²) in [4.78, 5) is 29.1. The number of carbonyl (C=O) groups is 2. The molecule has 7 heteroatoms. The number of fused-ring (bicyclic) bond motifs is 1. The molecule has 0 unspecified atom stereocenters. The Bertz CT molecular complexity index is 1020. The van der Waals surface area contributed by atoms with Crippen LogP contribution in [-0.4, -0.2) is 32.5 Å². The summed E-state index contributed by atoms with van der Waals surface area (Å²) in [5, 5.41) is 11.7. The first-order valence-electron chi connectivity index (χ1n) is 10.1. The summed E-state index contributed by atoms with van der Waals surface area (Å²) in [5.74, 6) is 0.129. The molecule has 0 atom stereocenters. The Morgan fingerprint density at radius 3 is 2.66 bits per heavy atom. The molecule has 1 fully saturated rings. The largest absolute Gasteiger partial charge is 0.381 e. The molecule has 150 valence electrons. The van der Waals surface area contributed by atoms with Crippen LogP contribution >= 0.6 is 0 Å². The molecule has 0 aliphatic heterocycles. The second-order valence-corrected chi connectivity index (χ2v) is 7.37. The molecule has 4 rings (SSSR count). The van der Waals surface area contributed by atoms with Crippen molar-refractivity contribution in [3.05, 3.63) is 53.9 Å². The van der Waals surface area contributed by atoms with Crippen molar-refractivity contribution in [1.82, 2.24) is 20.1 Å². The van der Waals surface area contributed by atoms with Gasteiger partial charge in [-0.25, -0.2) is 9.67 Å². The number of ketones is 1. The first-order valence-corrected chi connectivity index (χ1v) is 10.1. The van der Waals surface area contributed by atoms with Crippen LogP contribution in [0.4, 0.5) is 5.69 Å². The molecule has 1 aliphatic rings. The van der Waals surface area contributed by atoms with Crippen molar-refractivity contribution in [2.24, 2.45) is 0 Å². The van der Waals surface area contributed by atoms with E-state index in [1.807, 2.05) is 41.9 Å². The summed E-state index contributed by atoms with van der Waals surface area (Å²) >= 11 is 0. The maximum Gasteiger partial charge on any atom is 0.255 e. The third-order valence-electron chi connectivity index (χ3n) is 5.40. The van der Waals surface area contributed by atoms with Crippen LogP contribution in [0.2, 0.25) is 0 Å². The Morgan fingerprint density at radius 2 is 1.93 bits per heavy atom. The average Bonchev–Trinajstić information content (AvgIpc) is 3.18. The van der Waals surface area contributed by atoms with Crippen LogP contribution in [0.15, 0.2) is 42.7 Å². The van der Waals surface area contributed by atoms with E-state index in [4.69, 9.17) is 0 Å². The Labute approximate surface area is 169 Å². The van der Waals surface area contributed by atoms with Crippen LogP contribution in [0, 0.1) is 0 Å². The van der Waals surface area contributed by atoms with Gasteiger partial charge in [-0.15, -0.1) is 0 Å². The normalized spacial score (nSPS) is 14.9. The minimum Gasteiger partial charge on any atom is -0.381 e. The van der Waals surface area contributed by atoms with Crippen molar-refractivity contribution >= 4 is 28.4 Å². The highest BCUT2D eigenvalue weighted by Crippen LogP contribution is 2.29. The van der Waals surface area contributed by atoms with Gasteiger partial charge in [-0.1, -0.05) is 30.3 Å². The summed E-state index contributed by atoms with van der Waals surface area (Å²) in [5.41, 5.74) is 3.04. The molecular formula is C22H25N5O2. The van der Waals surface area contributed by atoms with Gasteiger partial charge < -0.3 is 10.6 Å². The number of benzene rings is 1. The van der Waals surface area contributed by atoms with Crippen LogP contribution in [-0.2, 0) is 17.9 Å². The maximum atomic E-state index is 13.0. The van der Waals surface area contributed by atoms with Gasteiger partial charge in [-0.3, -0.25) is 9.59 Å². The molecule has 1 saturated carbocycles. The van der Waals surface area contributed by atoms with E-state index in [0.717, 1.165) is 35.1 Å². The minimum atomic E-state index is -0.179. The molecule has 0 bridgehead atoms. The quantitative estimate of drug-likeness (QED) is 0.673. The molecule has 1 aliphatic carbocycles. The van der Waals surface area contributed by atoms with Gasteiger partial charge in [-0.2, -0.15) is 5.10 Å². The smallest absolute Gasteiger partial charge is 0.255 e. The molecular weight excluding hydrogens is 366 g/mol. The third-order valence-corrected chi connectivity index (χ3v) is 5.40. The number of hydrogen-bond acceptors (Lipinski definition) is 5. The van der Waals surface area contributed by atoms with Gasteiger partial charge in [0.25, 0.3) is 5.91 Å². The zero-order valence-corrected chi connectivity index (χ0v) is 16.5. The maximum absolute atomic E-state index is 13.0. The lowest BCUT2D eigenvalue weighted by Gasteiger charge is -2.24. The van der Waals surface area contributed by atoms with E-state index < -0.39 is 0 Å². The number of carbonyl (C=O) groups excluding carboxylic acids is 2. The number of Topliss-reactive ketones (excluding diaryl/α,β-unsaturated/α-hetero) is 1. The zero-order valence-electron chi connectivity index (χ0n) is 16.5. The van der Waals surface area contributed by atoms with E-state index in [1.165, 1.54) is 0 Å². The number of pyridine rings is 1. The number of rotatable bonds is 6. The SMILES string of the molecule is CCn1ncc2c(NC3CCC(=O)CC3)c(C(=O)NCc3ccccc3)cnc21. The molecule has 0 radical (unpaired) electrons. The van der Waals surface area contributed by atoms with E-state index in [9.17, 15) is 9.59 Å². The summed E-state index contributed by atoms with van der Waals surface area (Å²) in [6.45, 7) is 3.16. The first kappa shape index (κ1) is 19.1.